The lowest BCUT2D eigenvalue weighted by Crippen LogP contribution is -2.38. The van der Waals surface area contributed by atoms with Gasteiger partial charge >= 0.3 is 6.18 Å². The summed E-state index contributed by atoms with van der Waals surface area (Å²) in [5, 5.41) is 9.72. The maximum Gasteiger partial charge on any atom is 0.392 e. The van der Waals surface area contributed by atoms with E-state index in [4.69, 9.17) is 23.2 Å². The predicted octanol–water partition coefficient (Wildman–Crippen LogP) is 6.09. The molecule has 2 N–H and O–H groups in total. The van der Waals surface area contributed by atoms with Crippen molar-refractivity contribution in [1.29, 1.82) is 0 Å². The number of aliphatic hydroxyl groups excluding tert-OH is 1. The third kappa shape index (κ3) is 8.01. The Balaban J connectivity index is 1.84. The Labute approximate surface area is 177 Å². The fourth-order valence-electron chi connectivity index (χ4n) is 3.43. The minimum absolute atomic E-state index is 0.0426. The fourth-order valence-corrected chi connectivity index (χ4v) is 7.27. The molecule has 7 atom stereocenters. The topological polar surface area (TPSA) is 32.3 Å². The van der Waals surface area contributed by atoms with Gasteiger partial charge < -0.3 is 5.11 Å². The molecular formula is C18H26Cl2F3NOS2. The maximum absolute atomic E-state index is 12.4. The van der Waals surface area contributed by atoms with Gasteiger partial charge in [0.2, 0.25) is 0 Å². The molecule has 2 aliphatic rings. The summed E-state index contributed by atoms with van der Waals surface area (Å²) in [6, 6.07) is 0.212. The van der Waals surface area contributed by atoms with Crippen LogP contribution in [0.25, 0.3) is 0 Å². The Bertz CT molecular complexity index is 509. The Morgan fingerprint density at radius 1 is 1.30 bits per heavy atom. The van der Waals surface area contributed by atoms with Crippen molar-refractivity contribution in [3.63, 3.8) is 0 Å². The Hall–Kier alpha value is 0.470. The highest BCUT2D eigenvalue weighted by molar-refractivity contribution is 8.17. The zero-order chi connectivity index (χ0) is 20.0. The van der Waals surface area contributed by atoms with E-state index >= 15 is 0 Å². The molecule has 1 saturated heterocycles. The average molecular weight is 464 g/mol. The molecule has 1 aliphatic carbocycles. The number of halogens is 5. The molecule has 0 amide bonds. The van der Waals surface area contributed by atoms with Crippen molar-refractivity contribution in [2.24, 2.45) is 11.8 Å². The molecule has 156 valence electrons. The largest absolute Gasteiger partial charge is 0.392 e. The van der Waals surface area contributed by atoms with Crippen LogP contribution in [0.2, 0.25) is 0 Å². The highest BCUT2D eigenvalue weighted by Crippen LogP contribution is 2.49. The molecule has 0 bridgehead atoms. The van der Waals surface area contributed by atoms with Gasteiger partial charge in [-0.1, -0.05) is 30.2 Å². The molecule has 0 aromatic carbocycles. The number of thioether (sulfide) groups is 1. The molecule has 2 rings (SSSR count). The number of hydrogen-bond donors (Lipinski definition) is 2. The maximum atomic E-state index is 12.4. The quantitative estimate of drug-likeness (QED) is 0.259. The molecule has 0 aromatic heterocycles. The van der Waals surface area contributed by atoms with Crippen LogP contribution in [0, 0.1) is 11.8 Å². The normalized spacial score (nSPS) is 36.2. The standard InChI is InChI=1S/C18H26Cl2F3NOS2/c1-2-4-11(5-3-8-18(21,22)23)13-10-16(26-17(13)20)27-24-12-6-7-14(19)15(25)9-12/h2-3,5,11-17,24-25H,1,4,6-10H2/b5-3-/t11?,12-,13?,14?,15?,16?,17?/m1/s1. The Kier molecular flexibility index (Phi) is 9.69. The van der Waals surface area contributed by atoms with Crippen LogP contribution < -0.4 is 4.72 Å². The summed E-state index contributed by atoms with van der Waals surface area (Å²) >= 11 is 15.8. The van der Waals surface area contributed by atoms with Crippen LogP contribution in [0.3, 0.4) is 0 Å². The SMILES string of the molecule is C=CCC(/C=C\CC(F)(F)F)C1CC(SN[C@@H]2CCC(Cl)C(O)C2)SC1Cl. The molecule has 2 fully saturated rings. The Morgan fingerprint density at radius 2 is 2.04 bits per heavy atom. The molecule has 1 heterocycles. The first-order chi connectivity index (χ1) is 12.7. The minimum Gasteiger partial charge on any atom is -0.392 e. The number of rotatable bonds is 8. The first-order valence-electron chi connectivity index (χ1n) is 9.06. The molecular weight excluding hydrogens is 438 g/mol. The zero-order valence-corrected chi connectivity index (χ0v) is 18.0. The minimum atomic E-state index is -4.19. The zero-order valence-electron chi connectivity index (χ0n) is 14.9. The van der Waals surface area contributed by atoms with Gasteiger partial charge in [-0.2, -0.15) is 13.2 Å². The second kappa shape index (κ2) is 11.0. The summed E-state index contributed by atoms with van der Waals surface area (Å²) in [5.74, 6) is 0.0570. The number of allylic oxidation sites excluding steroid dienone is 3. The van der Waals surface area contributed by atoms with Crippen molar-refractivity contribution in [3.05, 3.63) is 24.8 Å². The average Bonchev–Trinajstić information content (AvgIpc) is 2.95. The van der Waals surface area contributed by atoms with Crippen LogP contribution in [0.15, 0.2) is 24.8 Å². The fraction of sp³-hybridized carbons (Fsp3) is 0.778. The molecule has 6 unspecified atom stereocenters. The lowest BCUT2D eigenvalue weighted by molar-refractivity contribution is -0.125. The number of alkyl halides is 5. The molecule has 1 saturated carbocycles. The summed E-state index contributed by atoms with van der Waals surface area (Å²) in [4.78, 5) is 0. The van der Waals surface area contributed by atoms with Gasteiger partial charge in [-0.3, -0.25) is 4.72 Å². The van der Waals surface area contributed by atoms with Crippen molar-refractivity contribution < 1.29 is 18.3 Å². The van der Waals surface area contributed by atoms with E-state index in [0.717, 1.165) is 19.3 Å². The van der Waals surface area contributed by atoms with Gasteiger partial charge in [-0.05, 0) is 43.9 Å². The highest BCUT2D eigenvalue weighted by atomic mass is 35.5. The van der Waals surface area contributed by atoms with Crippen molar-refractivity contribution in [2.45, 2.75) is 71.5 Å². The molecule has 0 radical (unpaired) electrons. The van der Waals surface area contributed by atoms with E-state index in [0.29, 0.717) is 12.8 Å². The highest BCUT2D eigenvalue weighted by Gasteiger charge is 2.38. The van der Waals surface area contributed by atoms with Crippen LogP contribution in [0.1, 0.15) is 38.5 Å². The number of hydrogen-bond acceptors (Lipinski definition) is 4. The van der Waals surface area contributed by atoms with E-state index in [-0.39, 0.29) is 32.5 Å². The van der Waals surface area contributed by atoms with Gasteiger partial charge in [0, 0.05) is 6.04 Å². The lowest BCUT2D eigenvalue weighted by Gasteiger charge is -2.30. The van der Waals surface area contributed by atoms with Gasteiger partial charge in [-0.25, -0.2) is 0 Å². The van der Waals surface area contributed by atoms with Crippen LogP contribution >= 0.6 is 46.9 Å². The van der Waals surface area contributed by atoms with Gasteiger partial charge in [0.1, 0.15) is 0 Å². The van der Waals surface area contributed by atoms with E-state index in [9.17, 15) is 18.3 Å². The first-order valence-corrected chi connectivity index (χ1v) is 11.8. The summed E-state index contributed by atoms with van der Waals surface area (Å²) in [5.41, 5.74) is 0. The van der Waals surface area contributed by atoms with Crippen molar-refractivity contribution in [1.82, 2.24) is 4.72 Å². The van der Waals surface area contributed by atoms with Gasteiger partial charge in [0.25, 0.3) is 0 Å². The van der Waals surface area contributed by atoms with Crippen LogP contribution in [0.4, 0.5) is 13.2 Å². The summed E-state index contributed by atoms with van der Waals surface area (Å²) < 4.78 is 40.7. The molecule has 9 heteroatoms. The molecule has 0 aromatic rings. The van der Waals surface area contributed by atoms with E-state index in [1.54, 1.807) is 35.9 Å². The Morgan fingerprint density at radius 3 is 2.67 bits per heavy atom. The monoisotopic (exact) mass is 463 g/mol. The smallest absolute Gasteiger partial charge is 0.392 e. The van der Waals surface area contributed by atoms with Crippen molar-refractivity contribution in [3.8, 4) is 0 Å². The van der Waals surface area contributed by atoms with E-state index in [1.165, 1.54) is 6.08 Å². The molecule has 0 spiro atoms. The van der Waals surface area contributed by atoms with Crippen LogP contribution in [-0.2, 0) is 0 Å². The van der Waals surface area contributed by atoms with E-state index in [2.05, 4.69) is 11.3 Å². The predicted molar refractivity (Wildman–Crippen MR) is 111 cm³/mol. The molecule has 2 nitrogen and oxygen atoms in total. The number of nitrogens with one attached hydrogen (secondary N) is 1. The van der Waals surface area contributed by atoms with E-state index < -0.39 is 18.7 Å². The van der Waals surface area contributed by atoms with Crippen LogP contribution in [0.5, 0.6) is 0 Å². The van der Waals surface area contributed by atoms with Crippen molar-refractivity contribution >= 4 is 46.9 Å². The number of aliphatic hydroxyl groups is 1. The summed E-state index contributed by atoms with van der Waals surface area (Å²) in [7, 11) is 0. The van der Waals surface area contributed by atoms with Gasteiger partial charge in [0.15, 0.2) is 0 Å². The van der Waals surface area contributed by atoms with Gasteiger partial charge in [0.05, 0.1) is 27.2 Å². The third-order valence-corrected chi connectivity index (χ3v) is 8.70. The van der Waals surface area contributed by atoms with Crippen LogP contribution in [-0.4, -0.2) is 38.1 Å². The summed E-state index contributed by atoms with van der Waals surface area (Å²) in [6.45, 7) is 3.73. The third-order valence-electron chi connectivity index (χ3n) is 4.90. The van der Waals surface area contributed by atoms with E-state index in [1.807, 2.05) is 0 Å². The second-order valence-corrected chi connectivity index (χ2v) is 11.1. The van der Waals surface area contributed by atoms with Gasteiger partial charge in [-0.15, -0.1) is 41.5 Å². The first kappa shape index (κ1) is 23.7. The molecule has 27 heavy (non-hydrogen) atoms. The summed E-state index contributed by atoms with van der Waals surface area (Å²) in [6.07, 6.45) is 2.76. The van der Waals surface area contributed by atoms with Crippen molar-refractivity contribution in [2.75, 3.05) is 0 Å². The second-order valence-electron chi connectivity index (χ2n) is 7.08. The lowest BCUT2D eigenvalue weighted by atomic mass is 9.88. The molecule has 1 aliphatic heterocycles.